The van der Waals surface area contributed by atoms with Crippen LogP contribution in [-0.2, 0) is 17.5 Å². The number of benzene rings is 3. The summed E-state index contributed by atoms with van der Waals surface area (Å²) in [6, 6.07) is 19.6. The van der Waals surface area contributed by atoms with Crippen molar-refractivity contribution in [2.75, 3.05) is 6.54 Å². The Bertz CT molecular complexity index is 1250. The van der Waals surface area contributed by atoms with Crippen molar-refractivity contribution in [3.63, 3.8) is 0 Å². The third kappa shape index (κ3) is 5.68. The van der Waals surface area contributed by atoms with E-state index in [-0.39, 0.29) is 6.42 Å². The highest BCUT2D eigenvalue weighted by atomic mass is 19.4. The molecule has 0 atom stereocenters. The summed E-state index contributed by atoms with van der Waals surface area (Å²) in [7, 11) is 0. The predicted octanol–water partition coefficient (Wildman–Crippen LogP) is 5.65. The van der Waals surface area contributed by atoms with Crippen LogP contribution in [0.2, 0.25) is 0 Å². The fourth-order valence-corrected chi connectivity index (χ4v) is 3.31. The molecule has 0 bridgehead atoms. The molecule has 0 saturated carbocycles. The van der Waals surface area contributed by atoms with Crippen LogP contribution < -0.4 is 5.32 Å². The summed E-state index contributed by atoms with van der Waals surface area (Å²) in [5, 5.41) is 15.7. The van der Waals surface area contributed by atoms with E-state index < -0.39 is 17.7 Å². The molecule has 0 amide bonds. The first-order valence-electron chi connectivity index (χ1n) is 10.4. The third-order valence-corrected chi connectivity index (χ3v) is 5.16. The molecule has 1 aromatic heterocycles. The minimum absolute atomic E-state index is 0.0645. The van der Waals surface area contributed by atoms with Gasteiger partial charge in [-0.3, -0.25) is 4.79 Å². The molecule has 0 unspecified atom stereocenters. The Kier molecular flexibility index (Phi) is 6.74. The maximum Gasteiger partial charge on any atom is 0.416 e. The van der Waals surface area contributed by atoms with Crippen LogP contribution >= 0.6 is 0 Å². The van der Waals surface area contributed by atoms with Crippen molar-refractivity contribution in [3.8, 4) is 34.0 Å². The first kappa shape index (κ1) is 23.2. The van der Waals surface area contributed by atoms with E-state index in [1.165, 1.54) is 12.1 Å². The van der Waals surface area contributed by atoms with E-state index in [4.69, 9.17) is 9.63 Å². The Hall–Kier alpha value is -3.98. The zero-order chi connectivity index (χ0) is 24.1. The smallest absolute Gasteiger partial charge is 0.416 e. The summed E-state index contributed by atoms with van der Waals surface area (Å²) < 4.78 is 43.6. The molecular weight excluding hydrogens is 447 g/mol. The molecule has 3 aromatic carbocycles. The van der Waals surface area contributed by atoms with Gasteiger partial charge in [-0.25, -0.2) is 0 Å². The van der Waals surface area contributed by atoms with E-state index in [9.17, 15) is 18.0 Å². The summed E-state index contributed by atoms with van der Waals surface area (Å²) in [5.74, 6) is -0.0921. The molecule has 0 radical (unpaired) electrons. The number of halogens is 3. The number of hydrogen-bond acceptors (Lipinski definition) is 5. The van der Waals surface area contributed by atoms with Crippen LogP contribution in [0.3, 0.4) is 0 Å². The maximum absolute atomic E-state index is 12.8. The van der Waals surface area contributed by atoms with Crippen LogP contribution in [0.15, 0.2) is 77.3 Å². The normalized spacial score (nSPS) is 11.5. The van der Waals surface area contributed by atoms with Gasteiger partial charge in [-0.15, -0.1) is 0 Å². The summed E-state index contributed by atoms with van der Waals surface area (Å²) in [4.78, 5) is 15.0. The number of alkyl halides is 3. The van der Waals surface area contributed by atoms with Gasteiger partial charge in [-0.1, -0.05) is 53.7 Å². The van der Waals surface area contributed by atoms with Gasteiger partial charge in [0, 0.05) is 24.2 Å². The number of carboxylic acids is 1. The molecule has 4 aromatic rings. The minimum Gasteiger partial charge on any atom is -0.481 e. The molecule has 6 nitrogen and oxygen atoms in total. The largest absolute Gasteiger partial charge is 0.481 e. The Labute approximate surface area is 193 Å². The van der Waals surface area contributed by atoms with E-state index in [0.717, 1.165) is 28.8 Å². The van der Waals surface area contributed by atoms with E-state index >= 15 is 0 Å². The average Bonchev–Trinajstić information content (AvgIpc) is 3.32. The van der Waals surface area contributed by atoms with Crippen molar-refractivity contribution in [1.82, 2.24) is 15.5 Å². The van der Waals surface area contributed by atoms with Gasteiger partial charge in [0.25, 0.3) is 5.89 Å². The van der Waals surface area contributed by atoms with Gasteiger partial charge in [0.2, 0.25) is 5.82 Å². The molecule has 34 heavy (non-hydrogen) atoms. The van der Waals surface area contributed by atoms with Crippen LogP contribution in [0.1, 0.15) is 17.5 Å². The second-order valence-electron chi connectivity index (χ2n) is 7.59. The predicted molar refractivity (Wildman–Crippen MR) is 120 cm³/mol. The van der Waals surface area contributed by atoms with Crippen molar-refractivity contribution in [2.24, 2.45) is 0 Å². The lowest BCUT2D eigenvalue weighted by molar-refractivity contribution is -0.138. The lowest BCUT2D eigenvalue weighted by Gasteiger charge is -2.08. The topological polar surface area (TPSA) is 88.2 Å². The zero-order valence-corrected chi connectivity index (χ0v) is 17.8. The van der Waals surface area contributed by atoms with Gasteiger partial charge in [0.05, 0.1) is 12.0 Å². The van der Waals surface area contributed by atoms with Gasteiger partial charge >= 0.3 is 12.1 Å². The number of aromatic nitrogens is 2. The highest BCUT2D eigenvalue weighted by Crippen LogP contribution is 2.31. The minimum atomic E-state index is -4.36. The highest BCUT2D eigenvalue weighted by Gasteiger charge is 2.29. The monoisotopic (exact) mass is 467 g/mol. The number of nitrogens with zero attached hydrogens (tertiary/aromatic N) is 2. The lowest BCUT2D eigenvalue weighted by atomic mass is 10.0. The Morgan fingerprint density at radius 2 is 1.41 bits per heavy atom. The second-order valence-corrected chi connectivity index (χ2v) is 7.59. The van der Waals surface area contributed by atoms with Crippen molar-refractivity contribution < 1.29 is 27.6 Å². The number of nitrogens with one attached hydrogen (secondary N) is 1. The van der Waals surface area contributed by atoms with E-state index in [1.54, 1.807) is 24.3 Å². The van der Waals surface area contributed by atoms with Gasteiger partial charge in [-0.05, 0) is 41.0 Å². The molecule has 0 aliphatic rings. The summed E-state index contributed by atoms with van der Waals surface area (Å²) >= 11 is 0. The van der Waals surface area contributed by atoms with Crippen LogP contribution in [-0.4, -0.2) is 27.8 Å². The SMILES string of the molecule is O=C(O)CCNCc1ccc(-c2noc(-c3ccc(-c4ccc(C(F)(F)F)cc4)cc3)n2)cc1. The van der Waals surface area contributed by atoms with Gasteiger partial charge in [0.1, 0.15) is 0 Å². The Morgan fingerprint density at radius 1 is 0.853 bits per heavy atom. The quantitative estimate of drug-likeness (QED) is 0.326. The maximum atomic E-state index is 12.8. The molecule has 2 N–H and O–H groups in total. The second kappa shape index (κ2) is 9.88. The molecule has 0 aliphatic heterocycles. The van der Waals surface area contributed by atoms with Crippen LogP contribution in [0.5, 0.6) is 0 Å². The lowest BCUT2D eigenvalue weighted by Crippen LogP contribution is -2.17. The molecular formula is C25H20F3N3O3. The van der Waals surface area contributed by atoms with Crippen LogP contribution in [0.4, 0.5) is 13.2 Å². The van der Waals surface area contributed by atoms with E-state index in [1.807, 2.05) is 24.3 Å². The molecule has 9 heteroatoms. The Balaban J connectivity index is 1.41. The molecule has 4 rings (SSSR count). The summed E-state index contributed by atoms with van der Waals surface area (Å²) in [6.45, 7) is 0.944. The zero-order valence-electron chi connectivity index (χ0n) is 17.8. The summed E-state index contributed by atoms with van der Waals surface area (Å²) in [6.07, 6.45) is -4.30. The van der Waals surface area contributed by atoms with E-state index in [0.29, 0.717) is 35.9 Å². The molecule has 174 valence electrons. The first-order valence-corrected chi connectivity index (χ1v) is 10.4. The van der Waals surface area contributed by atoms with Crippen molar-refractivity contribution in [2.45, 2.75) is 19.1 Å². The molecule has 0 saturated heterocycles. The van der Waals surface area contributed by atoms with Gasteiger partial charge in [0.15, 0.2) is 0 Å². The van der Waals surface area contributed by atoms with Crippen LogP contribution in [0.25, 0.3) is 34.0 Å². The number of hydrogen-bond donors (Lipinski definition) is 2. The molecule has 0 spiro atoms. The van der Waals surface area contributed by atoms with E-state index in [2.05, 4.69) is 15.5 Å². The summed E-state index contributed by atoms with van der Waals surface area (Å²) in [5.41, 5.74) is 3.21. The van der Waals surface area contributed by atoms with Crippen molar-refractivity contribution >= 4 is 5.97 Å². The highest BCUT2D eigenvalue weighted by molar-refractivity contribution is 5.68. The first-order chi connectivity index (χ1) is 16.3. The van der Waals surface area contributed by atoms with Gasteiger partial charge < -0.3 is 14.9 Å². The fraction of sp³-hybridized carbons (Fsp3) is 0.160. The number of rotatable bonds is 8. The Morgan fingerprint density at radius 3 is 2.00 bits per heavy atom. The third-order valence-electron chi connectivity index (χ3n) is 5.16. The number of carboxylic acid groups (broad SMARTS) is 1. The number of aliphatic carboxylic acids is 1. The molecule has 1 heterocycles. The van der Waals surface area contributed by atoms with Crippen LogP contribution in [0, 0.1) is 0 Å². The number of carbonyl (C=O) groups is 1. The molecule has 0 fully saturated rings. The fourth-order valence-electron chi connectivity index (χ4n) is 3.31. The standard InChI is InChI=1S/C25H20F3N3O3/c26-25(27,28)21-11-9-18(10-12-21)17-5-7-20(8-6-17)24-30-23(31-34-24)19-3-1-16(2-4-19)15-29-14-13-22(32)33/h1-12,29H,13-15H2,(H,32,33). The van der Waals surface area contributed by atoms with Crippen molar-refractivity contribution in [1.29, 1.82) is 0 Å². The average molecular weight is 467 g/mol. The van der Waals surface area contributed by atoms with Gasteiger partial charge in [-0.2, -0.15) is 18.2 Å². The molecule has 0 aliphatic carbocycles. The van der Waals surface area contributed by atoms with Crippen molar-refractivity contribution in [3.05, 3.63) is 83.9 Å².